The molecule has 1 aromatic rings. The Balaban J connectivity index is 0.000000791. The standard InChI is InChI=1S/C8H10BrNO2.C2H6/c1-6-4-8(9)10-5-7(6)12-3-2-11;1-2/h4-5,11H,2-3H2,1H3;1-2H3. The average Bonchev–Trinajstić information content (AvgIpc) is 2.20. The van der Waals surface area contributed by atoms with Crippen molar-refractivity contribution in [1.82, 2.24) is 4.98 Å². The van der Waals surface area contributed by atoms with E-state index in [1.807, 2.05) is 26.8 Å². The lowest BCUT2D eigenvalue weighted by atomic mass is 10.3. The second-order valence-corrected chi connectivity index (χ2v) is 3.16. The average molecular weight is 262 g/mol. The summed E-state index contributed by atoms with van der Waals surface area (Å²) in [5, 5.41) is 8.52. The molecule has 0 spiro atoms. The largest absolute Gasteiger partial charge is 0.489 e. The quantitative estimate of drug-likeness (QED) is 0.851. The van der Waals surface area contributed by atoms with Crippen LogP contribution in [0.4, 0.5) is 0 Å². The second kappa shape index (κ2) is 7.76. The van der Waals surface area contributed by atoms with E-state index in [-0.39, 0.29) is 6.61 Å². The number of ether oxygens (including phenoxy) is 1. The highest BCUT2D eigenvalue weighted by Gasteiger charge is 1.99. The molecule has 1 rings (SSSR count). The monoisotopic (exact) mass is 261 g/mol. The van der Waals surface area contributed by atoms with Crippen LogP contribution in [0.15, 0.2) is 16.9 Å². The number of halogens is 1. The highest BCUT2D eigenvalue weighted by Crippen LogP contribution is 2.18. The number of hydrogen-bond donors (Lipinski definition) is 1. The van der Waals surface area contributed by atoms with Crippen LogP contribution in [0.5, 0.6) is 5.75 Å². The van der Waals surface area contributed by atoms with E-state index >= 15 is 0 Å². The maximum atomic E-state index is 8.52. The molecule has 0 aliphatic carbocycles. The van der Waals surface area contributed by atoms with Gasteiger partial charge in [-0.15, -0.1) is 0 Å². The van der Waals surface area contributed by atoms with E-state index < -0.39 is 0 Å². The van der Waals surface area contributed by atoms with Gasteiger partial charge in [0, 0.05) is 0 Å². The fraction of sp³-hybridized carbons (Fsp3) is 0.500. The molecular weight excluding hydrogens is 246 g/mol. The number of aliphatic hydroxyl groups excluding tert-OH is 1. The predicted octanol–water partition coefficient (Wildman–Crippen LogP) is 2.55. The molecule has 0 saturated heterocycles. The van der Waals surface area contributed by atoms with Gasteiger partial charge in [0.25, 0.3) is 0 Å². The summed E-state index contributed by atoms with van der Waals surface area (Å²) in [7, 11) is 0. The van der Waals surface area contributed by atoms with Crippen LogP contribution >= 0.6 is 15.9 Å². The van der Waals surface area contributed by atoms with E-state index in [0.29, 0.717) is 12.4 Å². The number of rotatable bonds is 3. The molecule has 0 bridgehead atoms. The molecule has 0 aliphatic rings. The van der Waals surface area contributed by atoms with Crippen LogP contribution in [-0.2, 0) is 0 Å². The Labute approximate surface area is 93.3 Å². The van der Waals surface area contributed by atoms with Gasteiger partial charge >= 0.3 is 0 Å². The summed E-state index contributed by atoms with van der Waals surface area (Å²) in [6.07, 6.45) is 1.63. The number of nitrogens with zero attached hydrogens (tertiary/aromatic N) is 1. The summed E-state index contributed by atoms with van der Waals surface area (Å²) in [4.78, 5) is 4.00. The Morgan fingerprint density at radius 1 is 1.50 bits per heavy atom. The molecule has 4 heteroatoms. The van der Waals surface area contributed by atoms with Gasteiger partial charge < -0.3 is 9.84 Å². The molecule has 1 aromatic heterocycles. The van der Waals surface area contributed by atoms with Crippen molar-refractivity contribution in [2.75, 3.05) is 13.2 Å². The van der Waals surface area contributed by atoms with Gasteiger partial charge in [0.2, 0.25) is 0 Å². The molecule has 0 aromatic carbocycles. The first kappa shape index (κ1) is 13.4. The van der Waals surface area contributed by atoms with Crippen LogP contribution in [0.2, 0.25) is 0 Å². The number of aromatic nitrogens is 1. The topological polar surface area (TPSA) is 42.4 Å². The lowest BCUT2D eigenvalue weighted by molar-refractivity contribution is 0.200. The summed E-state index contributed by atoms with van der Waals surface area (Å²) in [6, 6.07) is 1.87. The van der Waals surface area contributed by atoms with Crippen molar-refractivity contribution in [2.24, 2.45) is 0 Å². The minimum atomic E-state index is 0.0233. The molecule has 0 radical (unpaired) electrons. The Kier molecular flexibility index (Phi) is 7.42. The molecule has 0 unspecified atom stereocenters. The Bertz CT molecular complexity index is 266. The van der Waals surface area contributed by atoms with Crippen LogP contribution in [0.1, 0.15) is 19.4 Å². The summed E-state index contributed by atoms with van der Waals surface area (Å²) < 4.78 is 6.00. The number of hydrogen-bond acceptors (Lipinski definition) is 3. The van der Waals surface area contributed by atoms with Gasteiger partial charge in [0.15, 0.2) is 0 Å². The van der Waals surface area contributed by atoms with E-state index in [1.165, 1.54) is 0 Å². The molecule has 0 aliphatic heterocycles. The normalized spacial score (nSPS) is 8.93. The molecule has 80 valence electrons. The Morgan fingerprint density at radius 3 is 2.64 bits per heavy atom. The summed E-state index contributed by atoms with van der Waals surface area (Å²) in [5.41, 5.74) is 1.00. The van der Waals surface area contributed by atoms with Crippen molar-refractivity contribution in [3.8, 4) is 5.75 Å². The molecule has 14 heavy (non-hydrogen) atoms. The van der Waals surface area contributed by atoms with Gasteiger partial charge in [-0.1, -0.05) is 13.8 Å². The highest BCUT2D eigenvalue weighted by atomic mass is 79.9. The molecule has 0 fully saturated rings. The molecule has 1 N–H and O–H groups in total. The van der Waals surface area contributed by atoms with Gasteiger partial charge in [0.1, 0.15) is 17.0 Å². The number of aliphatic hydroxyl groups is 1. The van der Waals surface area contributed by atoms with Gasteiger partial charge in [-0.3, -0.25) is 0 Å². The SMILES string of the molecule is CC.Cc1cc(Br)ncc1OCCO. The molecule has 0 saturated carbocycles. The van der Waals surface area contributed by atoms with Crippen LogP contribution < -0.4 is 4.74 Å². The molecule has 0 amide bonds. The molecule has 3 nitrogen and oxygen atoms in total. The van der Waals surface area contributed by atoms with E-state index in [9.17, 15) is 0 Å². The van der Waals surface area contributed by atoms with Crippen molar-refractivity contribution < 1.29 is 9.84 Å². The van der Waals surface area contributed by atoms with Gasteiger partial charge in [0.05, 0.1) is 12.8 Å². The van der Waals surface area contributed by atoms with Crippen molar-refractivity contribution in [3.05, 3.63) is 22.4 Å². The van der Waals surface area contributed by atoms with E-state index in [4.69, 9.17) is 9.84 Å². The first-order valence-corrected chi connectivity index (χ1v) is 5.39. The Morgan fingerprint density at radius 2 is 2.14 bits per heavy atom. The van der Waals surface area contributed by atoms with Crippen LogP contribution in [0.25, 0.3) is 0 Å². The minimum absolute atomic E-state index is 0.0233. The predicted molar refractivity (Wildman–Crippen MR) is 60.6 cm³/mol. The number of aryl methyl sites for hydroxylation is 1. The van der Waals surface area contributed by atoms with Crippen molar-refractivity contribution >= 4 is 15.9 Å². The zero-order valence-corrected chi connectivity index (χ0v) is 10.3. The smallest absolute Gasteiger partial charge is 0.140 e. The van der Waals surface area contributed by atoms with Crippen LogP contribution in [-0.4, -0.2) is 23.3 Å². The van der Waals surface area contributed by atoms with Crippen molar-refractivity contribution in [1.29, 1.82) is 0 Å². The highest BCUT2D eigenvalue weighted by molar-refractivity contribution is 9.10. The van der Waals surface area contributed by atoms with Crippen LogP contribution in [0, 0.1) is 6.92 Å². The fourth-order valence-corrected chi connectivity index (χ4v) is 1.26. The molecule has 0 atom stereocenters. The third kappa shape index (κ3) is 4.58. The first-order chi connectivity index (χ1) is 6.74. The summed E-state index contributed by atoms with van der Waals surface area (Å²) in [6.45, 7) is 6.26. The fourth-order valence-electron chi connectivity index (χ4n) is 0.816. The van der Waals surface area contributed by atoms with E-state index in [2.05, 4.69) is 20.9 Å². The lowest BCUT2D eigenvalue weighted by Crippen LogP contribution is -2.03. The van der Waals surface area contributed by atoms with Gasteiger partial charge in [-0.2, -0.15) is 0 Å². The zero-order chi connectivity index (χ0) is 11.0. The number of pyridine rings is 1. The first-order valence-electron chi connectivity index (χ1n) is 4.60. The van der Waals surface area contributed by atoms with Gasteiger partial charge in [-0.05, 0) is 34.5 Å². The van der Waals surface area contributed by atoms with Crippen molar-refractivity contribution in [2.45, 2.75) is 20.8 Å². The molecular formula is C10H16BrNO2. The van der Waals surface area contributed by atoms with Crippen molar-refractivity contribution in [3.63, 3.8) is 0 Å². The maximum Gasteiger partial charge on any atom is 0.140 e. The van der Waals surface area contributed by atoms with Gasteiger partial charge in [-0.25, -0.2) is 4.98 Å². The second-order valence-electron chi connectivity index (χ2n) is 2.34. The van der Waals surface area contributed by atoms with E-state index in [0.717, 1.165) is 10.2 Å². The van der Waals surface area contributed by atoms with Crippen LogP contribution in [0.3, 0.4) is 0 Å². The Hall–Kier alpha value is -0.610. The zero-order valence-electron chi connectivity index (χ0n) is 8.75. The van der Waals surface area contributed by atoms with E-state index in [1.54, 1.807) is 6.20 Å². The summed E-state index contributed by atoms with van der Waals surface area (Å²) in [5.74, 6) is 0.715. The summed E-state index contributed by atoms with van der Waals surface area (Å²) >= 11 is 3.25. The minimum Gasteiger partial charge on any atom is -0.489 e. The molecule has 1 heterocycles. The maximum absolute atomic E-state index is 8.52. The third-order valence-corrected chi connectivity index (χ3v) is 1.81. The lowest BCUT2D eigenvalue weighted by Gasteiger charge is -2.06. The third-order valence-electron chi connectivity index (χ3n) is 1.38.